The molecule has 1 fully saturated rings. The van der Waals surface area contributed by atoms with Gasteiger partial charge in [0.1, 0.15) is 6.04 Å². The summed E-state index contributed by atoms with van der Waals surface area (Å²) in [6.07, 6.45) is 0.704. The van der Waals surface area contributed by atoms with Crippen molar-refractivity contribution in [3.05, 3.63) is 35.9 Å². The number of nitrogens with zero attached hydrogens (tertiary/aromatic N) is 3. The molecular formula is C23H36N4O3S. The van der Waals surface area contributed by atoms with Crippen molar-refractivity contribution in [1.82, 2.24) is 20.0 Å². The number of hydrogen-bond donors (Lipinski definition) is 1. The van der Waals surface area contributed by atoms with Crippen molar-refractivity contribution in [1.29, 1.82) is 0 Å². The van der Waals surface area contributed by atoms with E-state index in [0.717, 1.165) is 18.7 Å². The molecule has 0 saturated carbocycles. The second kappa shape index (κ2) is 11.5. The first-order valence-corrected chi connectivity index (χ1v) is 11.7. The summed E-state index contributed by atoms with van der Waals surface area (Å²) < 4.78 is -0.426. The van der Waals surface area contributed by atoms with Crippen LogP contribution in [0.25, 0.3) is 0 Å². The largest absolute Gasteiger partial charge is 0.338 e. The molecular weight excluding hydrogens is 412 g/mol. The average molecular weight is 449 g/mol. The number of benzene rings is 1. The first-order valence-electron chi connectivity index (χ1n) is 10.8. The van der Waals surface area contributed by atoms with E-state index in [1.807, 2.05) is 56.1 Å². The van der Waals surface area contributed by atoms with Gasteiger partial charge in [0.15, 0.2) is 5.12 Å². The van der Waals surface area contributed by atoms with E-state index < -0.39 is 10.8 Å². The highest BCUT2D eigenvalue weighted by molar-refractivity contribution is 8.14. The Bertz CT molecular complexity index is 748. The van der Waals surface area contributed by atoms with E-state index in [2.05, 4.69) is 10.2 Å². The molecule has 1 atom stereocenters. The number of urea groups is 1. The summed E-state index contributed by atoms with van der Waals surface area (Å²) in [5, 5.41) is 2.91. The molecule has 8 heteroatoms. The zero-order chi connectivity index (χ0) is 23.0. The number of thioether (sulfide) groups is 1. The smallest absolute Gasteiger partial charge is 0.318 e. The van der Waals surface area contributed by atoms with Gasteiger partial charge in [0.25, 0.3) is 0 Å². The van der Waals surface area contributed by atoms with E-state index in [4.69, 9.17) is 0 Å². The monoisotopic (exact) mass is 448 g/mol. The third-order valence-corrected chi connectivity index (χ3v) is 6.29. The Morgan fingerprint density at radius 1 is 1.13 bits per heavy atom. The summed E-state index contributed by atoms with van der Waals surface area (Å²) in [4.78, 5) is 43.3. The lowest BCUT2D eigenvalue weighted by Gasteiger charge is -2.35. The molecule has 0 spiro atoms. The summed E-state index contributed by atoms with van der Waals surface area (Å²) in [5.41, 5.74) is 1.14. The molecule has 3 amide bonds. The summed E-state index contributed by atoms with van der Waals surface area (Å²) in [6.45, 7) is 11.1. The van der Waals surface area contributed by atoms with Gasteiger partial charge in [0.2, 0.25) is 5.91 Å². The van der Waals surface area contributed by atoms with E-state index in [1.54, 1.807) is 11.8 Å². The van der Waals surface area contributed by atoms with Crippen molar-refractivity contribution in [3.63, 3.8) is 0 Å². The van der Waals surface area contributed by atoms with Crippen LogP contribution in [0.1, 0.15) is 33.3 Å². The number of carbonyl (C=O) groups excluding carboxylic acids is 3. The van der Waals surface area contributed by atoms with Gasteiger partial charge in [-0.05, 0) is 39.8 Å². The highest BCUT2D eigenvalue weighted by Crippen LogP contribution is 2.26. The van der Waals surface area contributed by atoms with Crippen molar-refractivity contribution in [2.24, 2.45) is 0 Å². The predicted molar refractivity (Wildman–Crippen MR) is 126 cm³/mol. The Kier molecular flexibility index (Phi) is 9.37. The zero-order valence-electron chi connectivity index (χ0n) is 19.4. The number of amides is 3. The fourth-order valence-corrected chi connectivity index (χ4v) is 4.68. The van der Waals surface area contributed by atoms with Crippen molar-refractivity contribution in [2.45, 2.75) is 44.9 Å². The van der Waals surface area contributed by atoms with Gasteiger partial charge in [-0.25, -0.2) is 4.79 Å². The summed E-state index contributed by atoms with van der Waals surface area (Å²) in [6, 6.07) is 9.11. The molecule has 0 aliphatic carbocycles. The Balaban J connectivity index is 2.03. The molecule has 7 nitrogen and oxygen atoms in total. The van der Waals surface area contributed by atoms with Crippen molar-refractivity contribution in [2.75, 3.05) is 46.3 Å². The second-order valence-electron chi connectivity index (χ2n) is 8.81. The van der Waals surface area contributed by atoms with Crippen LogP contribution >= 0.6 is 11.8 Å². The standard InChI is InChI=1S/C23H36N4O3S/c1-18(21(29)26-15-13-25(5)14-16-26)24-22(30)27(17-23(3,4)31-19(2)28)12-11-20-9-7-6-8-10-20/h6-10,18H,11-17H2,1-5H3,(H,24,30)/t18-/m0/s1. The van der Waals surface area contributed by atoms with E-state index in [0.29, 0.717) is 32.6 Å². The van der Waals surface area contributed by atoms with Crippen LogP contribution in [0.3, 0.4) is 0 Å². The van der Waals surface area contributed by atoms with Gasteiger partial charge in [0, 0.05) is 50.9 Å². The quantitative estimate of drug-likeness (QED) is 0.661. The van der Waals surface area contributed by atoms with E-state index in [9.17, 15) is 14.4 Å². The maximum Gasteiger partial charge on any atom is 0.318 e. The van der Waals surface area contributed by atoms with Crippen molar-refractivity contribution >= 4 is 28.8 Å². The van der Waals surface area contributed by atoms with Crippen LogP contribution < -0.4 is 5.32 Å². The van der Waals surface area contributed by atoms with E-state index in [1.165, 1.54) is 18.7 Å². The number of rotatable bonds is 8. The minimum atomic E-state index is -0.598. The number of likely N-dealkylation sites (N-methyl/N-ethyl adjacent to an activating group) is 1. The fraction of sp³-hybridized carbons (Fsp3) is 0.609. The molecule has 2 rings (SSSR count). The summed E-state index contributed by atoms with van der Waals surface area (Å²) in [7, 11) is 2.04. The van der Waals surface area contributed by atoms with Crippen LogP contribution in [-0.2, 0) is 16.0 Å². The Morgan fingerprint density at radius 3 is 2.32 bits per heavy atom. The maximum atomic E-state index is 13.1. The summed E-state index contributed by atoms with van der Waals surface area (Å²) in [5.74, 6) is -0.0539. The Labute approximate surface area is 190 Å². The maximum absolute atomic E-state index is 13.1. The molecule has 31 heavy (non-hydrogen) atoms. The molecule has 1 N–H and O–H groups in total. The first kappa shape index (κ1) is 25.2. The lowest BCUT2D eigenvalue weighted by Crippen LogP contribution is -2.56. The van der Waals surface area contributed by atoms with Crippen LogP contribution in [-0.4, -0.2) is 88.9 Å². The number of carbonyl (C=O) groups is 3. The average Bonchev–Trinajstić information content (AvgIpc) is 2.70. The minimum absolute atomic E-state index is 0.0204. The molecule has 1 aliphatic rings. The van der Waals surface area contributed by atoms with E-state index >= 15 is 0 Å². The van der Waals surface area contributed by atoms with Crippen LogP contribution in [0.2, 0.25) is 0 Å². The number of piperazine rings is 1. The highest BCUT2D eigenvalue weighted by atomic mass is 32.2. The van der Waals surface area contributed by atoms with E-state index in [-0.39, 0.29) is 17.1 Å². The molecule has 1 aromatic rings. The first-order chi connectivity index (χ1) is 14.6. The molecule has 1 heterocycles. The molecule has 172 valence electrons. The van der Waals surface area contributed by atoms with Crippen LogP contribution in [0, 0.1) is 0 Å². The predicted octanol–water partition coefficient (Wildman–Crippen LogP) is 2.46. The third kappa shape index (κ3) is 8.53. The normalized spacial score (nSPS) is 16.0. The lowest BCUT2D eigenvalue weighted by atomic mass is 10.1. The molecule has 0 unspecified atom stereocenters. The molecule has 0 radical (unpaired) electrons. The molecule has 1 aromatic carbocycles. The molecule has 0 aromatic heterocycles. The van der Waals surface area contributed by atoms with Crippen LogP contribution in [0.15, 0.2) is 30.3 Å². The molecule has 1 saturated heterocycles. The lowest BCUT2D eigenvalue weighted by molar-refractivity contribution is -0.134. The second-order valence-corrected chi connectivity index (χ2v) is 10.7. The highest BCUT2D eigenvalue weighted by Gasteiger charge is 2.30. The number of nitrogens with one attached hydrogen (secondary N) is 1. The van der Waals surface area contributed by atoms with Gasteiger partial charge in [0.05, 0.1) is 0 Å². The van der Waals surface area contributed by atoms with Gasteiger partial charge in [-0.15, -0.1) is 0 Å². The van der Waals surface area contributed by atoms with Gasteiger partial charge < -0.3 is 20.0 Å². The van der Waals surface area contributed by atoms with Crippen LogP contribution in [0.5, 0.6) is 0 Å². The van der Waals surface area contributed by atoms with Gasteiger partial charge >= 0.3 is 6.03 Å². The molecule has 0 bridgehead atoms. The Morgan fingerprint density at radius 2 is 1.74 bits per heavy atom. The van der Waals surface area contributed by atoms with Gasteiger partial charge in [-0.2, -0.15) is 0 Å². The fourth-order valence-electron chi connectivity index (χ4n) is 3.68. The van der Waals surface area contributed by atoms with Crippen molar-refractivity contribution in [3.8, 4) is 0 Å². The Hall–Kier alpha value is -2.06. The minimum Gasteiger partial charge on any atom is -0.338 e. The van der Waals surface area contributed by atoms with Gasteiger partial charge in [-0.3, -0.25) is 9.59 Å². The van der Waals surface area contributed by atoms with Crippen LogP contribution in [0.4, 0.5) is 4.79 Å². The topological polar surface area (TPSA) is 73.0 Å². The SMILES string of the molecule is CC(=O)SC(C)(C)CN(CCc1ccccc1)C(=O)N[C@@H](C)C(=O)N1CCN(C)CC1. The van der Waals surface area contributed by atoms with Crippen molar-refractivity contribution < 1.29 is 14.4 Å². The molecule has 1 aliphatic heterocycles. The number of hydrogen-bond acceptors (Lipinski definition) is 5. The van der Waals surface area contributed by atoms with Gasteiger partial charge in [-0.1, -0.05) is 42.1 Å². The third-order valence-electron chi connectivity index (χ3n) is 5.32. The zero-order valence-corrected chi connectivity index (χ0v) is 20.2. The summed E-state index contributed by atoms with van der Waals surface area (Å²) >= 11 is 1.23.